The van der Waals surface area contributed by atoms with E-state index in [1.54, 1.807) is 13.8 Å². The minimum Gasteiger partial charge on any atom is -0.378 e. The van der Waals surface area contributed by atoms with Crippen LogP contribution in [0.4, 0.5) is 17.2 Å². The Morgan fingerprint density at radius 3 is 1.38 bits per heavy atom. The molecule has 11 nitrogen and oxygen atoms in total. The maximum Gasteiger partial charge on any atom is 0.348 e. The summed E-state index contributed by atoms with van der Waals surface area (Å²) < 4.78 is 0. The zero-order valence-electron chi connectivity index (χ0n) is 12.0. The second-order valence-electron chi connectivity index (χ2n) is 4.01. The van der Waals surface area contributed by atoms with Gasteiger partial charge in [-0.2, -0.15) is 0 Å². The molecule has 144 valence electrons. The topological polar surface area (TPSA) is 164 Å². The lowest BCUT2D eigenvalue weighted by Crippen LogP contribution is -2.02. The summed E-state index contributed by atoms with van der Waals surface area (Å²) in [6, 6.07) is 0. The van der Waals surface area contributed by atoms with Gasteiger partial charge in [0.1, 0.15) is 11.6 Å². The molecule has 0 aliphatic carbocycles. The van der Waals surface area contributed by atoms with Crippen LogP contribution < -0.4 is 5.73 Å². The summed E-state index contributed by atoms with van der Waals surface area (Å²) >= 11 is 16.4. The molecule has 0 radical (unpaired) electrons. The fraction of sp³-hybridized carbons (Fsp3) is 0.333. The zero-order valence-corrected chi connectivity index (χ0v) is 14.3. The molecule has 0 aliphatic rings. The molecule has 2 rings (SSSR count). The van der Waals surface area contributed by atoms with Crippen molar-refractivity contribution < 1.29 is 9.85 Å². The lowest BCUT2D eigenvalue weighted by molar-refractivity contribution is -0.385. The van der Waals surface area contributed by atoms with E-state index < -0.39 is 21.2 Å². The number of hydrogen-bond acceptors (Lipinski definition) is 9. The van der Waals surface area contributed by atoms with Crippen LogP contribution in [0.15, 0.2) is 0 Å². The summed E-state index contributed by atoms with van der Waals surface area (Å²) in [4.78, 5) is 33.5. The molecule has 0 unspecified atom stereocenters. The molecule has 0 atom stereocenters. The number of nitrogens with two attached hydrogens (primary N) is 1. The standard InChI is InChI=1S/C5H3Cl2N3O2.C5H5ClN4O2.2CH4/c2*1-2-8-4(6)3(10(11)12)5(7)9-2;;/h1H3;1H3,(H2,7,8,9);2*1H4. The SMILES string of the molecule is C.C.Cc1nc(Cl)c([N+](=O)[O-])c(Cl)n1.Cc1nc(N)c([N+](=O)[O-])c(Cl)n1. The summed E-state index contributed by atoms with van der Waals surface area (Å²) in [5.74, 6) is 0.399. The zero-order chi connectivity index (χ0) is 18.6. The quantitative estimate of drug-likeness (QED) is 0.419. The minimum atomic E-state index is -0.718. The molecule has 0 saturated carbocycles. The number of aromatic nitrogens is 4. The summed E-state index contributed by atoms with van der Waals surface area (Å²) in [7, 11) is 0. The molecule has 0 amide bonds. The Kier molecular flexibility index (Phi) is 10.5. The van der Waals surface area contributed by atoms with Crippen molar-refractivity contribution >= 4 is 52.0 Å². The summed E-state index contributed by atoms with van der Waals surface area (Å²) in [6.45, 7) is 3.09. The lowest BCUT2D eigenvalue weighted by Gasteiger charge is -1.98. The normalized spacial score (nSPS) is 9.12. The molecule has 26 heavy (non-hydrogen) atoms. The predicted molar refractivity (Wildman–Crippen MR) is 99.8 cm³/mol. The summed E-state index contributed by atoms with van der Waals surface area (Å²) in [5.41, 5.74) is 4.35. The molecule has 2 heterocycles. The van der Waals surface area contributed by atoms with Crippen molar-refractivity contribution in [1.82, 2.24) is 19.9 Å². The van der Waals surface area contributed by atoms with Gasteiger partial charge in [0.15, 0.2) is 0 Å². The molecule has 14 heteroatoms. The van der Waals surface area contributed by atoms with Gasteiger partial charge in [0.05, 0.1) is 9.85 Å². The molecule has 0 aliphatic heterocycles. The molecular formula is C12H16Cl3N7O4. The molecule has 0 bridgehead atoms. The Morgan fingerprint density at radius 2 is 1.08 bits per heavy atom. The smallest absolute Gasteiger partial charge is 0.348 e. The van der Waals surface area contributed by atoms with Crippen LogP contribution in [0.1, 0.15) is 26.5 Å². The molecule has 0 fully saturated rings. The maximum absolute atomic E-state index is 10.3. The fourth-order valence-electron chi connectivity index (χ4n) is 1.37. The van der Waals surface area contributed by atoms with Crippen molar-refractivity contribution in [3.63, 3.8) is 0 Å². The van der Waals surface area contributed by atoms with Crippen molar-refractivity contribution in [2.24, 2.45) is 0 Å². The second-order valence-corrected chi connectivity index (χ2v) is 5.08. The largest absolute Gasteiger partial charge is 0.378 e. The molecule has 2 aromatic heterocycles. The van der Waals surface area contributed by atoms with Gasteiger partial charge in [0.25, 0.3) is 0 Å². The number of halogens is 3. The van der Waals surface area contributed by atoms with Crippen LogP contribution in [-0.4, -0.2) is 29.8 Å². The third-order valence-corrected chi connectivity index (χ3v) is 3.05. The molecule has 0 aromatic carbocycles. The summed E-state index contributed by atoms with van der Waals surface area (Å²) in [6.07, 6.45) is 0. The van der Waals surface area contributed by atoms with Crippen LogP contribution in [0.3, 0.4) is 0 Å². The predicted octanol–water partition coefficient (Wildman–Crippen LogP) is 4.20. The minimum absolute atomic E-state index is 0. The first-order valence-corrected chi connectivity index (χ1v) is 6.96. The van der Waals surface area contributed by atoms with E-state index in [1.807, 2.05) is 0 Å². The van der Waals surface area contributed by atoms with E-state index in [0.29, 0.717) is 11.6 Å². The average molecular weight is 429 g/mol. The second kappa shape index (κ2) is 10.6. The molecule has 2 N–H and O–H groups in total. The van der Waals surface area contributed by atoms with Gasteiger partial charge in [-0.1, -0.05) is 49.7 Å². The van der Waals surface area contributed by atoms with E-state index in [-0.39, 0.29) is 36.1 Å². The van der Waals surface area contributed by atoms with Crippen LogP contribution in [-0.2, 0) is 0 Å². The molecule has 0 saturated heterocycles. The third kappa shape index (κ3) is 6.50. The van der Waals surface area contributed by atoms with Crippen molar-refractivity contribution in [2.45, 2.75) is 28.7 Å². The number of nitrogen functional groups attached to an aromatic ring is 1. The van der Waals surface area contributed by atoms with Gasteiger partial charge in [0.2, 0.25) is 21.3 Å². The first kappa shape index (κ1) is 25.9. The number of hydrogen-bond donors (Lipinski definition) is 1. The van der Waals surface area contributed by atoms with Gasteiger partial charge in [-0.3, -0.25) is 20.2 Å². The van der Waals surface area contributed by atoms with Crippen LogP contribution in [0.25, 0.3) is 0 Å². The van der Waals surface area contributed by atoms with Gasteiger partial charge in [-0.15, -0.1) is 0 Å². The van der Waals surface area contributed by atoms with Gasteiger partial charge < -0.3 is 5.73 Å². The van der Waals surface area contributed by atoms with Crippen LogP contribution in [0.2, 0.25) is 15.5 Å². The van der Waals surface area contributed by atoms with Crippen molar-refractivity contribution in [1.29, 1.82) is 0 Å². The highest BCUT2D eigenvalue weighted by Crippen LogP contribution is 2.28. The Balaban J connectivity index is 0. The molecule has 2 aromatic rings. The van der Waals surface area contributed by atoms with E-state index in [9.17, 15) is 20.2 Å². The van der Waals surface area contributed by atoms with Crippen molar-refractivity contribution in [2.75, 3.05) is 5.73 Å². The van der Waals surface area contributed by atoms with Crippen LogP contribution >= 0.6 is 34.8 Å². The number of aryl methyl sites for hydroxylation is 2. The highest BCUT2D eigenvalue weighted by molar-refractivity contribution is 6.36. The van der Waals surface area contributed by atoms with E-state index in [0.717, 1.165) is 0 Å². The number of nitro groups is 2. The van der Waals surface area contributed by atoms with Crippen LogP contribution in [0, 0.1) is 34.1 Å². The van der Waals surface area contributed by atoms with Gasteiger partial charge in [0, 0.05) is 0 Å². The van der Waals surface area contributed by atoms with Crippen molar-refractivity contribution in [3.05, 3.63) is 47.3 Å². The van der Waals surface area contributed by atoms with E-state index in [1.165, 1.54) is 0 Å². The van der Waals surface area contributed by atoms with Crippen molar-refractivity contribution in [3.8, 4) is 0 Å². The van der Waals surface area contributed by atoms with E-state index >= 15 is 0 Å². The highest BCUT2D eigenvalue weighted by atomic mass is 35.5. The van der Waals surface area contributed by atoms with Gasteiger partial charge >= 0.3 is 11.4 Å². The maximum atomic E-state index is 10.3. The number of rotatable bonds is 2. The Bertz CT molecular complexity index is 706. The molecular weight excluding hydrogens is 413 g/mol. The number of anilines is 1. The van der Waals surface area contributed by atoms with Crippen LogP contribution in [0.5, 0.6) is 0 Å². The highest BCUT2D eigenvalue weighted by Gasteiger charge is 2.21. The summed E-state index contributed by atoms with van der Waals surface area (Å²) in [5, 5.41) is 19.9. The van der Waals surface area contributed by atoms with Gasteiger partial charge in [-0.05, 0) is 13.8 Å². The number of nitrogens with zero attached hydrogens (tertiary/aromatic N) is 6. The molecule has 0 spiro atoms. The average Bonchev–Trinajstić information content (AvgIpc) is 2.35. The first-order valence-electron chi connectivity index (χ1n) is 5.82. The Labute approximate surface area is 163 Å². The Hall–Kier alpha value is -2.37. The van der Waals surface area contributed by atoms with E-state index in [2.05, 4.69) is 19.9 Å². The van der Waals surface area contributed by atoms with E-state index in [4.69, 9.17) is 40.5 Å². The third-order valence-electron chi connectivity index (χ3n) is 2.26. The lowest BCUT2D eigenvalue weighted by atomic mass is 10.5. The Morgan fingerprint density at radius 1 is 0.769 bits per heavy atom. The fourth-order valence-corrected chi connectivity index (χ4v) is 2.27. The first-order chi connectivity index (χ1) is 11.0. The van der Waals surface area contributed by atoms with Gasteiger partial charge in [-0.25, -0.2) is 19.9 Å². The monoisotopic (exact) mass is 427 g/mol.